The second kappa shape index (κ2) is 5.75. The first-order valence-electron chi connectivity index (χ1n) is 6.69. The van der Waals surface area contributed by atoms with Crippen LogP contribution in [0.2, 0.25) is 0 Å². The topological polar surface area (TPSA) is 51.1 Å². The Morgan fingerprint density at radius 2 is 2.25 bits per heavy atom. The van der Waals surface area contributed by atoms with Crippen LogP contribution in [0.5, 0.6) is 0 Å². The number of hydrogen-bond donors (Lipinski definition) is 0. The molecule has 0 spiro atoms. The van der Waals surface area contributed by atoms with Gasteiger partial charge in [-0.2, -0.15) is 4.37 Å². The zero-order valence-electron chi connectivity index (χ0n) is 11.9. The Morgan fingerprint density at radius 3 is 2.95 bits per heavy atom. The molecule has 0 aromatic carbocycles. The van der Waals surface area contributed by atoms with E-state index in [0.717, 1.165) is 28.2 Å². The Morgan fingerprint density at radius 1 is 1.45 bits per heavy atom. The molecule has 1 aliphatic rings. The lowest BCUT2D eigenvalue weighted by molar-refractivity contribution is 0.119. The average Bonchev–Trinajstić information content (AvgIpc) is 3.01. The lowest BCUT2D eigenvalue weighted by Gasteiger charge is -2.13. The highest BCUT2D eigenvalue weighted by atomic mass is 32.1. The van der Waals surface area contributed by atoms with Gasteiger partial charge in [0.05, 0.1) is 12.2 Å². The number of nitrogens with zero attached hydrogens (tertiary/aromatic N) is 4. The fraction of sp³-hybridized carbons (Fsp3) is 0.615. The van der Waals surface area contributed by atoms with Crippen molar-refractivity contribution in [3.63, 3.8) is 0 Å². The van der Waals surface area contributed by atoms with Gasteiger partial charge in [0, 0.05) is 37.0 Å². The van der Waals surface area contributed by atoms with Crippen molar-refractivity contribution < 1.29 is 4.74 Å². The molecular weight excluding hydrogens is 292 g/mol. The maximum Gasteiger partial charge on any atom is 0.205 e. The van der Waals surface area contributed by atoms with E-state index in [2.05, 4.69) is 24.6 Å². The number of ether oxygens (including phenoxy) is 1. The van der Waals surface area contributed by atoms with Gasteiger partial charge in [-0.05, 0) is 19.8 Å². The van der Waals surface area contributed by atoms with Crippen LogP contribution in [0, 0.1) is 0 Å². The summed E-state index contributed by atoms with van der Waals surface area (Å²) in [6, 6.07) is 0. The molecule has 7 heteroatoms. The van der Waals surface area contributed by atoms with Crippen molar-refractivity contribution in [3.05, 3.63) is 21.9 Å². The van der Waals surface area contributed by atoms with Crippen LogP contribution in [-0.2, 0) is 11.3 Å². The maximum atomic E-state index is 5.29. The van der Waals surface area contributed by atoms with Crippen LogP contribution in [0.25, 0.3) is 0 Å². The van der Waals surface area contributed by atoms with E-state index in [1.165, 1.54) is 24.4 Å². The summed E-state index contributed by atoms with van der Waals surface area (Å²) in [6.07, 6.45) is 2.54. The quantitative estimate of drug-likeness (QED) is 0.820. The van der Waals surface area contributed by atoms with E-state index in [1.807, 2.05) is 14.0 Å². The summed E-state index contributed by atoms with van der Waals surface area (Å²) in [7, 11) is 3.74. The first-order chi connectivity index (χ1) is 9.67. The molecule has 2 aromatic rings. The molecule has 0 radical (unpaired) electrons. The number of methoxy groups -OCH3 is 1. The Bertz CT molecular complexity index is 578. The fourth-order valence-corrected chi connectivity index (χ4v) is 3.43. The lowest BCUT2D eigenvalue weighted by atomic mass is 10.4. The Balaban J connectivity index is 1.65. The normalized spacial score (nSPS) is 16.4. The smallest absolute Gasteiger partial charge is 0.205 e. The number of rotatable bonds is 6. The molecule has 1 atom stereocenters. The summed E-state index contributed by atoms with van der Waals surface area (Å²) in [6.45, 7) is 2.77. The molecule has 1 unspecified atom stereocenters. The number of hydrogen-bond acceptors (Lipinski definition) is 7. The van der Waals surface area contributed by atoms with Crippen LogP contribution in [0.4, 0.5) is 5.13 Å². The van der Waals surface area contributed by atoms with E-state index in [9.17, 15) is 0 Å². The molecule has 0 saturated heterocycles. The molecule has 2 heterocycles. The summed E-state index contributed by atoms with van der Waals surface area (Å²) in [5, 5.41) is 4.08. The van der Waals surface area contributed by atoms with Crippen molar-refractivity contribution in [1.82, 2.24) is 14.3 Å². The van der Waals surface area contributed by atoms with Crippen LogP contribution < -0.4 is 4.90 Å². The van der Waals surface area contributed by atoms with Gasteiger partial charge >= 0.3 is 0 Å². The number of anilines is 1. The van der Waals surface area contributed by atoms with E-state index in [1.54, 1.807) is 18.4 Å². The van der Waals surface area contributed by atoms with Gasteiger partial charge in [-0.15, -0.1) is 11.3 Å². The third-order valence-electron chi connectivity index (χ3n) is 3.37. The van der Waals surface area contributed by atoms with E-state index in [-0.39, 0.29) is 6.10 Å². The standard InChI is InChI=1S/C13H18N4OS2/c1-8(18-3)12-14-10(7-19-12)6-17(2)13-15-11(16-20-13)9-4-5-9/h7-9H,4-6H2,1-3H3. The molecule has 3 rings (SSSR count). The second-order valence-corrected chi connectivity index (χ2v) is 6.74. The highest BCUT2D eigenvalue weighted by Gasteiger charge is 2.28. The van der Waals surface area contributed by atoms with Crippen LogP contribution >= 0.6 is 22.9 Å². The van der Waals surface area contributed by atoms with Crippen molar-refractivity contribution in [2.75, 3.05) is 19.1 Å². The maximum absolute atomic E-state index is 5.29. The minimum Gasteiger partial charge on any atom is -0.375 e. The van der Waals surface area contributed by atoms with Crippen molar-refractivity contribution in [1.29, 1.82) is 0 Å². The highest BCUT2D eigenvalue weighted by molar-refractivity contribution is 7.10. The third-order valence-corrected chi connectivity index (χ3v) is 5.27. The molecule has 1 saturated carbocycles. The molecule has 108 valence electrons. The molecule has 5 nitrogen and oxygen atoms in total. The van der Waals surface area contributed by atoms with Crippen LogP contribution in [0.1, 0.15) is 48.3 Å². The summed E-state index contributed by atoms with van der Waals surface area (Å²) < 4.78 is 9.73. The van der Waals surface area contributed by atoms with Gasteiger partial charge in [0.2, 0.25) is 5.13 Å². The molecule has 2 aromatic heterocycles. The molecule has 0 aliphatic heterocycles. The van der Waals surface area contributed by atoms with Crippen molar-refractivity contribution in [2.45, 2.75) is 38.3 Å². The van der Waals surface area contributed by atoms with E-state index < -0.39 is 0 Å². The fourth-order valence-electron chi connectivity index (χ4n) is 1.88. The van der Waals surface area contributed by atoms with E-state index in [4.69, 9.17) is 4.74 Å². The Hall–Kier alpha value is -1.05. The molecule has 0 amide bonds. The average molecular weight is 310 g/mol. The van der Waals surface area contributed by atoms with Crippen molar-refractivity contribution in [2.24, 2.45) is 0 Å². The predicted molar refractivity (Wildman–Crippen MR) is 81.5 cm³/mol. The lowest BCUT2D eigenvalue weighted by Crippen LogP contribution is -2.16. The van der Waals surface area contributed by atoms with Gasteiger partial charge in [-0.1, -0.05) is 0 Å². The zero-order chi connectivity index (χ0) is 14.1. The van der Waals surface area contributed by atoms with Crippen molar-refractivity contribution >= 4 is 28.0 Å². The second-order valence-electron chi connectivity index (χ2n) is 5.12. The number of thiazole rings is 1. The molecule has 0 N–H and O–H groups in total. The summed E-state index contributed by atoms with van der Waals surface area (Å²) in [4.78, 5) is 11.3. The predicted octanol–water partition coefficient (Wildman–Crippen LogP) is 3.22. The molecule has 1 fully saturated rings. The van der Waals surface area contributed by atoms with Gasteiger partial charge in [0.25, 0.3) is 0 Å². The third kappa shape index (κ3) is 2.99. The van der Waals surface area contributed by atoms with E-state index >= 15 is 0 Å². The van der Waals surface area contributed by atoms with Crippen LogP contribution in [0.15, 0.2) is 5.38 Å². The Kier molecular flexibility index (Phi) is 4.00. The summed E-state index contributed by atoms with van der Waals surface area (Å²) in [5.41, 5.74) is 1.06. The van der Waals surface area contributed by atoms with Gasteiger partial charge in [-0.25, -0.2) is 9.97 Å². The van der Waals surface area contributed by atoms with Crippen molar-refractivity contribution in [3.8, 4) is 0 Å². The first kappa shape index (κ1) is 13.9. The SMILES string of the molecule is COC(C)c1nc(CN(C)c2nc(C3CC3)ns2)cs1. The molecular formula is C13H18N4OS2. The largest absolute Gasteiger partial charge is 0.375 e. The van der Waals surface area contributed by atoms with Gasteiger partial charge in [0.1, 0.15) is 16.9 Å². The zero-order valence-corrected chi connectivity index (χ0v) is 13.5. The minimum absolute atomic E-state index is 0.0575. The Labute approximate surface area is 126 Å². The first-order valence-corrected chi connectivity index (χ1v) is 8.34. The summed E-state index contributed by atoms with van der Waals surface area (Å²) >= 11 is 3.12. The van der Waals surface area contributed by atoms with Gasteiger partial charge < -0.3 is 9.64 Å². The molecule has 1 aliphatic carbocycles. The monoisotopic (exact) mass is 310 g/mol. The van der Waals surface area contributed by atoms with Gasteiger partial charge in [0.15, 0.2) is 0 Å². The van der Waals surface area contributed by atoms with Crippen LogP contribution in [-0.4, -0.2) is 28.5 Å². The number of aromatic nitrogens is 3. The van der Waals surface area contributed by atoms with Crippen LogP contribution in [0.3, 0.4) is 0 Å². The summed E-state index contributed by atoms with van der Waals surface area (Å²) in [5.74, 6) is 1.63. The van der Waals surface area contributed by atoms with Gasteiger partial charge in [-0.3, -0.25) is 0 Å². The highest BCUT2D eigenvalue weighted by Crippen LogP contribution is 2.39. The molecule has 20 heavy (non-hydrogen) atoms. The minimum atomic E-state index is 0.0575. The molecule has 0 bridgehead atoms. The van der Waals surface area contributed by atoms with E-state index in [0.29, 0.717) is 5.92 Å².